The van der Waals surface area contributed by atoms with Crippen LogP contribution in [0.3, 0.4) is 0 Å². The van der Waals surface area contributed by atoms with Gasteiger partial charge in [0.15, 0.2) is 0 Å². The number of nitriles is 1. The van der Waals surface area contributed by atoms with E-state index in [-0.39, 0.29) is 0 Å². The van der Waals surface area contributed by atoms with Gasteiger partial charge in [0.2, 0.25) is 0 Å². The molecular formula is C12H13NSSi. The maximum atomic E-state index is 8.89. The number of thiophene rings is 1. The second kappa shape index (κ2) is 3.48. The van der Waals surface area contributed by atoms with E-state index in [4.69, 9.17) is 5.26 Å². The third-order valence-corrected chi connectivity index (χ3v) is 5.71. The minimum Gasteiger partial charge on any atom is -0.192 e. The Morgan fingerprint density at radius 2 is 2.00 bits per heavy atom. The van der Waals surface area contributed by atoms with E-state index in [1.165, 1.54) is 15.3 Å². The van der Waals surface area contributed by atoms with Crippen molar-refractivity contribution in [3.05, 3.63) is 29.1 Å². The van der Waals surface area contributed by atoms with Crippen molar-refractivity contribution in [2.45, 2.75) is 19.6 Å². The molecule has 1 nitrogen and oxygen atoms in total. The highest BCUT2D eigenvalue weighted by atomic mass is 32.1. The fraction of sp³-hybridized carbons (Fsp3) is 0.250. The molecule has 76 valence electrons. The minimum absolute atomic E-state index is 0.764. The summed E-state index contributed by atoms with van der Waals surface area (Å²) >= 11 is 1.79. The number of nitrogens with zero attached hydrogens (tertiary/aromatic N) is 1. The van der Waals surface area contributed by atoms with Gasteiger partial charge in [-0.25, -0.2) is 0 Å². The third-order valence-electron chi connectivity index (χ3n) is 2.51. The Balaban J connectivity index is 2.73. The molecule has 0 saturated carbocycles. The van der Waals surface area contributed by atoms with Gasteiger partial charge < -0.3 is 0 Å². The third kappa shape index (κ3) is 1.83. The molecule has 0 atom stereocenters. The van der Waals surface area contributed by atoms with Crippen LogP contribution in [0.15, 0.2) is 23.6 Å². The largest absolute Gasteiger partial charge is 0.192 e. The first-order valence-corrected chi connectivity index (χ1v) is 9.32. The molecule has 0 unspecified atom stereocenters. The average molecular weight is 231 g/mol. The van der Waals surface area contributed by atoms with Crippen LogP contribution >= 0.6 is 11.3 Å². The molecule has 2 rings (SSSR count). The predicted molar refractivity (Wildman–Crippen MR) is 69.5 cm³/mol. The lowest BCUT2D eigenvalue weighted by atomic mass is 10.2. The van der Waals surface area contributed by atoms with Crippen molar-refractivity contribution in [1.29, 1.82) is 5.26 Å². The molecule has 0 spiro atoms. The van der Waals surface area contributed by atoms with Gasteiger partial charge in [-0.1, -0.05) is 19.6 Å². The van der Waals surface area contributed by atoms with Crippen molar-refractivity contribution in [1.82, 2.24) is 0 Å². The average Bonchev–Trinajstić information content (AvgIpc) is 2.59. The highest BCUT2D eigenvalue weighted by Crippen LogP contribution is 2.23. The standard InChI is InChI=1S/C12H13NSSi/c1-15(2,3)12-8-14-11-5-4-9(7-13)6-10(11)12/h4-6,8H,1-3H3. The van der Waals surface area contributed by atoms with Gasteiger partial charge in [0, 0.05) is 4.70 Å². The number of fused-ring (bicyclic) bond motifs is 1. The van der Waals surface area contributed by atoms with Crippen molar-refractivity contribution in [3.8, 4) is 6.07 Å². The van der Waals surface area contributed by atoms with Crippen LogP contribution in [0.5, 0.6) is 0 Å². The van der Waals surface area contributed by atoms with Gasteiger partial charge in [-0.2, -0.15) is 5.26 Å². The van der Waals surface area contributed by atoms with Crippen LogP contribution < -0.4 is 5.19 Å². The van der Waals surface area contributed by atoms with E-state index >= 15 is 0 Å². The van der Waals surface area contributed by atoms with E-state index in [9.17, 15) is 0 Å². The fourth-order valence-electron chi connectivity index (χ4n) is 1.68. The first-order valence-electron chi connectivity index (χ1n) is 4.94. The summed E-state index contributed by atoms with van der Waals surface area (Å²) in [6.07, 6.45) is 0. The Kier molecular flexibility index (Phi) is 2.41. The van der Waals surface area contributed by atoms with Crippen molar-refractivity contribution in [2.75, 3.05) is 0 Å². The number of hydrogen-bond acceptors (Lipinski definition) is 2. The zero-order chi connectivity index (χ0) is 11.1. The maximum Gasteiger partial charge on any atom is 0.0991 e. The summed E-state index contributed by atoms with van der Waals surface area (Å²) in [5.74, 6) is 0. The van der Waals surface area contributed by atoms with Crippen LogP contribution in [0, 0.1) is 11.3 Å². The van der Waals surface area contributed by atoms with Crippen LogP contribution in [0.1, 0.15) is 5.56 Å². The van der Waals surface area contributed by atoms with E-state index in [0.29, 0.717) is 0 Å². The lowest BCUT2D eigenvalue weighted by Gasteiger charge is -2.14. The second-order valence-electron chi connectivity index (χ2n) is 4.72. The quantitative estimate of drug-likeness (QED) is 0.691. The van der Waals surface area contributed by atoms with Crippen molar-refractivity contribution >= 4 is 34.7 Å². The lowest BCUT2D eigenvalue weighted by Crippen LogP contribution is -2.36. The van der Waals surface area contributed by atoms with Crippen molar-refractivity contribution < 1.29 is 0 Å². The van der Waals surface area contributed by atoms with E-state index < -0.39 is 8.07 Å². The summed E-state index contributed by atoms with van der Waals surface area (Å²) in [5.41, 5.74) is 0.764. The van der Waals surface area contributed by atoms with Gasteiger partial charge in [0.25, 0.3) is 0 Å². The fourth-order valence-corrected chi connectivity index (χ4v) is 5.19. The van der Waals surface area contributed by atoms with E-state index in [0.717, 1.165) is 5.56 Å². The summed E-state index contributed by atoms with van der Waals surface area (Å²) < 4.78 is 1.30. The smallest absolute Gasteiger partial charge is 0.0991 e. The zero-order valence-electron chi connectivity index (χ0n) is 9.16. The van der Waals surface area contributed by atoms with Crippen molar-refractivity contribution in [3.63, 3.8) is 0 Å². The lowest BCUT2D eigenvalue weighted by molar-refractivity contribution is 1.50. The first kappa shape index (κ1) is 10.4. The number of hydrogen-bond donors (Lipinski definition) is 0. The van der Waals surface area contributed by atoms with Crippen LogP contribution in [0.25, 0.3) is 10.1 Å². The van der Waals surface area contributed by atoms with Gasteiger partial charge in [-0.3, -0.25) is 0 Å². The van der Waals surface area contributed by atoms with E-state index in [2.05, 4.69) is 37.2 Å². The molecule has 3 heteroatoms. The SMILES string of the molecule is C[Si](C)(C)c1csc2ccc(C#N)cc12. The van der Waals surface area contributed by atoms with E-state index in [1.807, 2.05) is 12.1 Å². The van der Waals surface area contributed by atoms with Gasteiger partial charge in [0.1, 0.15) is 0 Å². The molecule has 0 amide bonds. The Bertz CT molecular complexity index is 543. The van der Waals surface area contributed by atoms with E-state index in [1.54, 1.807) is 11.3 Å². The van der Waals surface area contributed by atoms with Crippen LogP contribution in [-0.4, -0.2) is 8.07 Å². The zero-order valence-corrected chi connectivity index (χ0v) is 11.0. The van der Waals surface area contributed by atoms with Crippen LogP contribution in [0.4, 0.5) is 0 Å². The normalized spacial score (nSPS) is 11.6. The molecule has 0 radical (unpaired) electrons. The molecule has 0 aliphatic rings. The Morgan fingerprint density at radius 3 is 2.60 bits per heavy atom. The Hall–Kier alpha value is -1.11. The molecular weight excluding hydrogens is 218 g/mol. The summed E-state index contributed by atoms with van der Waals surface area (Å²) in [6.45, 7) is 7.02. The molecule has 1 heterocycles. The highest BCUT2D eigenvalue weighted by molar-refractivity contribution is 7.19. The number of rotatable bonds is 1. The highest BCUT2D eigenvalue weighted by Gasteiger charge is 2.20. The summed E-state index contributed by atoms with van der Waals surface area (Å²) in [5, 5.41) is 13.9. The van der Waals surface area contributed by atoms with Gasteiger partial charge in [-0.05, 0) is 34.2 Å². The number of benzene rings is 1. The molecule has 1 aromatic carbocycles. The molecule has 0 N–H and O–H groups in total. The molecule has 0 bridgehead atoms. The predicted octanol–water partition coefficient (Wildman–Crippen LogP) is 3.32. The summed E-state index contributed by atoms with van der Waals surface area (Å²) in [4.78, 5) is 0. The molecule has 0 saturated heterocycles. The maximum absolute atomic E-state index is 8.89. The van der Waals surface area contributed by atoms with Gasteiger partial charge in [-0.15, -0.1) is 11.3 Å². The van der Waals surface area contributed by atoms with Crippen LogP contribution in [0.2, 0.25) is 19.6 Å². The summed E-state index contributed by atoms with van der Waals surface area (Å²) in [7, 11) is -1.28. The second-order valence-corrected chi connectivity index (χ2v) is 10.7. The van der Waals surface area contributed by atoms with Crippen molar-refractivity contribution in [2.24, 2.45) is 0 Å². The monoisotopic (exact) mass is 231 g/mol. The first-order chi connectivity index (χ1) is 7.02. The molecule has 2 aromatic rings. The topological polar surface area (TPSA) is 23.8 Å². The molecule has 0 aliphatic carbocycles. The Labute approximate surface area is 95.0 Å². The van der Waals surface area contributed by atoms with Crippen LogP contribution in [-0.2, 0) is 0 Å². The molecule has 0 fully saturated rings. The molecule has 0 aliphatic heterocycles. The molecule has 1 aromatic heterocycles. The van der Waals surface area contributed by atoms with Gasteiger partial charge >= 0.3 is 0 Å². The molecule has 15 heavy (non-hydrogen) atoms. The Morgan fingerprint density at radius 1 is 1.27 bits per heavy atom. The minimum atomic E-state index is -1.28. The summed E-state index contributed by atoms with van der Waals surface area (Å²) in [6, 6.07) is 8.19. The van der Waals surface area contributed by atoms with Gasteiger partial charge in [0.05, 0.1) is 19.7 Å².